The molecule has 4 heterocycles. The van der Waals surface area contributed by atoms with Crippen molar-refractivity contribution in [2.75, 3.05) is 7.11 Å². The third-order valence-electron chi connectivity index (χ3n) is 4.24. The fourth-order valence-corrected chi connectivity index (χ4v) is 2.90. The third-order valence-corrected chi connectivity index (χ3v) is 4.24. The number of rotatable bonds is 3. The van der Waals surface area contributed by atoms with E-state index in [9.17, 15) is 0 Å². The smallest absolute Gasteiger partial charge is 0.215 e. The summed E-state index contributed by atoms with van der Waals surface area (Å²) in [7, 11) is 1.60. The molecule has 0 atom stereocenters. The SMILES string of the molecule is COc1ccc2nnc3c(C4CC4)nc(-c4ccccn4)n3c2n1. The van der Waals surface area contributed by atoms with Crippen LogP contribution in [0.15, 0.2) is 36.5 Å². The standard InChI is InChI=1S/C17H14N6O/c1-24-13-8-7-12-16(19-13)23-15(11-4-2-3-9-18-11)20-14(10-5-6-10)17(23)22-21-12/h2-4,7-10H,5-6H2,1H3. The molecular weight excluding hydrogens is 304 g/mol. The van der Waals surface area contributed by atoms with Crippen molar-refractivity contribution >= 4 is 16.8 Å². The number of nitrogens with zero attached hydrogens (tertiary/aromatic N) is 6. The van der Waals surface area contributed by atoms with Gasteiger partial charge in [-0.3, -0.25) is 9.38 Å². The van der Waals surface area contributed by atoms with Crippen molar-refractivity contribution in [1.82, 2.24) is 29.5 Å². The van der Waals surface area contributed by atoms with Crippen LogP contribution in [-0.2, 0) is 0 Å². The van der Waals surface area contributed by atoms with E-state index in [-0.39, 0.29) is 0 Å². The van der Waals surface area contributed by atoms with E-state index >= 15 is 0 Å². The highest BCUT2D eigenvalue weighted by Gasteiger charge is 2.31. The summed E-state index contributed by atoms with van der Waals surface area (Å²) in [6.45, 7) is 0. The van der Waals surface area contributed by atoms with E-state index in [4.69, 9.17) is 9.72 Å². The second-order valence-corrected chi connectivity index (χ2v) is 5.87. The quantitative estimate of drug-likeness (QED) is 0.578. The number of aromatic nitrogens is 6. The van der Waals surface area contributed by atoms with Crippen molar-refractivity contribution in [3.63, 3.8) is 0 Å². The maximum absolute atomic E-state index is 5.27. The maximum Gasteiger partial charge on any atom is 0.215 e. The molecule has 0 bridgehead atoms. The lowest BCUT2D eigenvalue weighted by Gasteiger charge is -2.05. The Morgan fingerprint density at radius 3 is 2.71 bits per heavy atom. The van der Waals surface area contributed by atoms with Crippen LogP contribution < -0.4 is 4.74 Å². The zero-order chi connectivity index (χ0) is 16.1. The topological polar surface area (TPSA) is 78.1 Å². The van der Waals surface area contributed by atoms with E-state index in [1.165, 1.54) is 0 Å². The van der Waals surface area contributed by atoms with Gasteiger partial charge in [-0.2, -0.15) is 4.98 Å². The van der Waals surface area contributed by atoms with Crippen molar-refractivity contribution in [2.45, 2.75) is 18.8 Å². The molecule has 0 aliphatic heterocycles. The monoisotopic (exact) mass is 318 g/mol. The van der Waals surface area contributed by atoms with Gasteiger partial charge in [0.05, 0.1) is 12.8 Å². The molecule has 0 saturated heterocycles. The normalized spacial score (nSPS) is 14.4. The minimum atomic E-state index is 0.454. The van der Waals surface area contributed by atoms with Gasteiger partial charge in [-0.25, -0.2) is 4.98 Å². The van der Waals surface area contributed by atoms with E-state index < -0.39 is 0 Å². The van der Waals surface area contributed by atoms with Gasteiger partial charge in [-0.15, -0.1) is 10.2 Å². The molecule has 5 rings (SSSR count). The molecule has 118 valence electrons. The summed E-state index contributed by atoms with van der Waals surface area (Å²) in [6.07, 6.45) is 4.04. The van der Waals surface area contributed by atoms with E-state index in [0.29, 0.717) is 23.0 Å². The first-order valence-corrected chi connectivity index (χ1v) is 7.86. The van der Waals surface area contributed by atoms with Crippen molar-refractivity contribution in [1.29, 1.82) is 0 Å². The molecule has 0 amide bonds. The van der Waals surface area contributed by atoms with E-state index in [1.54, 1.807) is 19.4 Å². The average molecular weight is 318 g/mol. The summed E-state index contributed by atoms with van der Waals surface area (Å²) in [5, 5.41) is 8.73. The summed E-state index contributed by atoms with van der Waals surface area (Å²) in [5.74, 6) is 1.73. The molecule has 1 fully saturated rings. The summed E-state index contributed by atoms with van der Waals surface area (Å²) in [5.41, 5.74) is 3.90. The zero-order valence-electron chi connectivity index (χ0n) is 13.0. The van der Waals surface area contributed by atoms with Crippen molar-refractivity contribution in [3.05, 3.63) is 42.2 Å². The van der Waals surface area contributed by atoms with Crippen LogP contribution in [0.3, 0.4) is 0 Å². The Balaban J connectivity index is 1.91. The molecule has 7 nitrogen and oxygen atoms in total. The van der Waals surface area contributed by atoms with Crippen LogP contribution in [0.25, 0.3) is 28.3 Å². The van der Waals surface area contributed by atoms with Gasteiger partial charge in [0.15, 0.2) is 17.1 Å². The van der Waals surface area contributed by atoms with Crippen molar-refractivity contribution in [2.24, 2.45) is 0 Å². The number of hydrogen-bond acceptors (Lipinski definition) is 6. The Kier molecular flexibility index (Phi) is 2.76. The first-order valence-electron chi connectivity index (χ1n) is 7.86. The molecule has 4 aromatic heterocycles. The molecule has 7 heteroatoms. The van der Waals surface area contributed by atoms with Crippen LogP contribution in [0.4, 0.5) is 0 Å². The molecular formula is C17H14N6O. The lowest BCUT2D eigenvalue weighted by molar-refractivity contribution is 0.399. The highest BCUT2D eigenvalue weighted by atomic mass is 16.5. The Morgan fingerprint density at radius 1 is 1.04 bits per heavy atom. The third kappa shape index (κ3) is 1.94. The molecule has 4 aromatic rings. The number of ether oxygens (including phenoxy) is 1. The second kappa shape index (κ2) is 4.95. The molecule has 1 aliphatic rings. The molecule has 1 aliphatic carbocycles. The average Bonchev–Trinajstić information content (AvgIpc) is 3.41. The molecule has 0 spiro atoms. The van der Waals surface area contributed by atoms with E-state index in [1.807, 2.05) is 28.7 Å². The molecule has 24 heavy (non-hydrogen) atoms. The van der Waals surface area contributed by atoms with Gasteiger partial charge in [0.25, 0.3) is 0 Å². The van der Waals surface area contributed by atoms with Gasteiger partial charge in [-0.1, -0.05) is 6.07 Å². The minimum Gasteiger partial charge on any atom is -0.481 e. The molecule has 1 saturated carbocycles. The molecule has 0 unspecified atom stereocenters. The van der Waals surface area contributed by atoms with Gasteiger partial charge in [0, 0.05) is 18.2 Å². The Bertz CT molecular complexity index is 1060. The first kappa shape index (κ1) is 13.4. The van der Waals surface area contributed by atoms with Gasteiger partial charge < -0.3 is 4.74 Å². The van der Waals surface area contributed by atoms with Crippen LogP contribution in [-0.4, -0.2) is 36.7 Å². The van der Waals surface area contributed by atoms with Gasteiger partial charge in [-0.05, 0) is 31.0 Å². The van der Waals surface area contributed by atoms with Crippen LogP contribution in [0.5, 0.6) is 5.88 Å². The van der Waals surface area contributed by atoms with Crippen LogP contribution in [0.2, 0.25) is 0 Å². The maximum atomic E-state index is 5.27. The summed E-state index contributed by atoms with van der Waals surface area (Å²) in [6, 6.07) is 9.41. The molecule has 0 aromatic carbocycles. The Hall–Kier alpha value is -3.09. The predicted octanol–water partition coefficient (Wildman–Crippen LogP) is 2.62. The second-order valence-electron chi connectivity index (χ2n) is 5.87. The Morgan fingerprint density at radius 2 is 1.96 bits per heavy atom. The fraction of sp³-hybridized carbons (Fsp3) is 0.235. The fourth-order valence-electron chi connectivity index (χ4n) is 2.90. The van der Waals surface area contributed by atoms with Crippen molar-refractivity contribution in [3.8, 4) is 17.4 Å². The predicted molar refractivity (Wildman–Crippen MR) is 87.8 cm³/mol. The largest absolute Gasteiger partial charge is 0.481 e. The summed E-state index contributed by atoms with van der Waals surface area (Å²) < 4.78 is 7.22. The molecule has 0 N–H and O–H groups in total. The highest BCUT2D eigenvalue weighted by molar-refractivity contribution is 5.77. The number of hydrogen-bond donors (Lipinski definition) is 0. The van der Waals surface area contributed by atoms with Crippen LogP contribution in [0, 0.1) is 0 Å². The lowest BCUT2D eigenvalue weighted by atomic mass is 10.3. The summed E-state index contributed by atoms with van der Waals surface area (Å²) >= 11 is 0. The van der Waals surface area contributed by atoms with Crippen LogP contribution in [0.1, 0.15) is 24.5 Å². The Labute approximate surface area is 137 Å². The molecule has 0 radical (unpaired) electrons. The van der Waals surface area contributed by atoms with Gasteiger partial charge in [0.2, 0.25) is 5.88 Å². The van der Waals surface area contributed by atoms with Crippen molar-refractivity contribution < 1.29 is 4.74 Å². The minimum absolute atomic E-state index is 0.454. The highest BCUT2D eigenvalue weighted by Crippen LogP contribution is 2.42. The van der Waals surface area contributed by atoms with Gasteiger partial charge >= 0.3 is 0 Å². The first-order chi connectivity index (χ1) is 11.8. The van der Waals surface area contributed by atoms with Gasteiger partial charge in [0.1, 0.15) is 11.2 Å². The number of fused-ring (bicyclic) bond motifs is 3. The van der Waals surface area contributed by atoms with Crippen LogP contribution >= 0.6 is 0 Å². The zero-order valence-corrected chi connectivity index (χ0v) is 13.0. The lowest BCUT2D eigenvalue weighted by Crippen LogP contribution is -2.01. The number of methoxy groups -OCH3 is 1. The number of pyridine rings is 2. The van der Waals surface area contributed by atoms with E-state index in [2.05, 4.69) is 20.2 Å². The van der Waals surface area contributed by atoms with E-state index in [0.717, 1.165) is 35.7 Å². The number of imidazole rings is 1. The summed E-state index contributed by atoms with van der Waals surface area (Å²) in [4.78, 5) is 13.9.